The van der Waals surface area contributed by atoms with E-state index in [1.165, 1.54) is 5.56 Å². The van der Waals surface area contributed by atoms with E-state index in [1.807, 2.05) is 48.5 Å². The highest BCUT2D eigenvalue weighted by Crippen LogP contribution is 2.41. The fraction of sp³-hybridized carbons (Fsp3) is 0.300. The van der Waals surface area contributed by atoms with Crippen molar-refractivity contribution >= 4 is 11.6 Å². The van der Waals surface area contributed by atoms with Crippen LogP contribution >= 0.6 is 0 Å². The zero-order valence-electron chi connectivity index (χ0n) is 13.4. The molecule has 2 aromatic carbocycles. The number of nitrogens with one attached hydrogen (secondary N) is 1. The molecule has 1 heterocycles. The van der Waals surface area contributed by atoms with Gasteiger partial charge in [0.05, 0.1) is 5.54 Å². The minimum absolute atomic E-state index is 0.114. The van der Waals surface area contributed by atoms with Crippen LogP contribution in [0.15, 0.2) is 65.8 Å². The molecule has 122 valence electrons. The van der Waals surface area contributed by atoms with Gasteiger partial charge in [-0.05, 0) is 30.4 Å². The van der Waals surface area contributed by atoms with Gasteiger partial charge in [0.15, 0.2) is 6.10 Å². The Morgan fingerprint density at radius 1 is 1.04 bits per heavy atom. The highest BCUT2D eigenvalue weighted by molar-refractivity contribution is 6.39. The number of rotatable bonds is 4. The monoisotopic (exact) mass is 320 g/mol. The number of amides is 1. The highest BCUT2D eigenvalue weighted by atomic mass is 16.6. The van der Waals surface area contributed by atoms with Crippen LogP contribution in [0.1, 0.15) is 42.9 Å². The first-order valence-corrected chi connectivity index (χ1v) is 8.42. The standard InChI is InChI=1S/C20H20N2O2/c23-19(17-14-18(24-22-17)15-8-3-1-4-9-15)21-20(12-7-13-20)16-10-5-2-6-11-16/h1-6,8-11,18H,7,12-14H2,(H,21,23)/t18-/m0/s1. The molecule has 4 heteroatoms. The molecule has 2 aromatic rings. The second-order valence-electron chi connectivity index (χ2n) is 6.50. The van der Waals surface area contributed by atoms with Gasteiger partial charge in [0.1, 0.15) is 5.71 Å². The lowest BCUT2D eigenvalue weighted by Gasteiger charge is -2.43. The largest absolute Gasteiger partial charge is 0.387 e. The molecule has 1 amide bonds. The predicted octanol–water partition coefficient (Wildman–Crippen LogP) is 3.70. The Bertz CT molecular complexity index is 752. The molecule has 2 aliphatic rings. The van der Waals surface area contributed by atoms with E-state index in [9.17, 15) is 4.79 Å². The lowest BCUT2D eigenvalue weighted by atomic mass is 9.71. The van der Waals surface area contributed by atoms with Crippen molar-refractivity contribution in [1.82, 2.24) is 5.32 Å². The molecule has 1 aliphatic heterocycles. The topological polar surface area (TPSA) is 50.7 Å². The van der Waals surface area contributed by atoms with Crippen LogP contribution in [0.5, 0.6) is 0 Å². The normalized spacial score (nSPS) is 21.3. The third-order valence-electron chi connectivity index (χ3n) is 4.99. The Morgan fingerprint density at radius 2 is 1.71 bits per heavy atom. The molecule has 1 saturated carbocycles. The molecular formula is C20H20N2O2. The van der Waals surface area contributed by atoms with E-state index in [0.29, 0.717) is 12.1 Å². The summed E-state index contributed by atoms with van der Waals surface area (Å²) < 4.78 is 0. The second kappa shape index (κ2) is 6.11. The van der Waals surface area contributed by atoms with E-state index >= 15 is 0 Å². The molecule has 0 aromatic heterocycles. The lowest BCUT2D eigenvalue weighted by Crippen LogP contribution is -2.52. The summed E-state index contributed by atoms with van der Waals surface area (Å²) >= 11 is 0. The number of carbonyl (C=O) groups excluding carboxylic acids is 1. The van der Waals surface area contributed by atoms with Crippen LogP contribution in [0.2, 0.25) is 0 Å². The van der Waals surface area contributed by atoms with Crippen LogP contribution in [0, 0.1) is 0 Å². The van der Waals surface area contributed by atoms with Crippen molar-refractivity contribution in [2.75, 3.05) is 0 Å². The molecule has 1 atom stereocenters. The molecule has 0 radical (unpaired) electrons. The quantitative estimate of drug-likeness (QED) is 0.934. The molecular weight excluding hydrogens is 300 g/mol. The van der Waals surface area contributed by atoms with E-state index in [2.05, 4.69) is 22.6 Å². The first-order chi connectivity index (χ1) is 11.8. The van der Waals surface area contributed by atoms with Gasteiger partial charge >= 0.3 is 0 Å². The maximum atomic E-state index is 12.7. The summed E-state index contributed by atoms with van der Waals surface area (Å²) in [6, 6.07) is 20.1. The average Bonchev–Trinajstić information content (AvgIpc) is 3.10. The second-order valence-corrected chi connectivity index (χ2v) is 6.50. The van der Waals surface area contributed by atoms with Crippen LogP contribution < -0.4 is 5.32 Å². The van der Waals surface area contributed by atoms with Crippen LogP contribution in [0.25, 0.3) is 0 Å². The zero-order valence-corrected chi connectivity index (χ0v) is 13.4. The van der Waals surface area contributed by atoms with Crippen LogP contribution in [-0.2, 0) is 15.2 Å². The minimum Gasteiger partial charge on any atom is -0.387 e. The van der Waals surface area contributed by atoms with Crippen LogP contribution in [0.4, 0.5) is 0 Å². The summed E-state index contributed by atoms with van der Waals surface area (Å²) in [4.78, 5) is 18.2. The molecule has 0 saturated heterocycles. The molecule has 0 bridgehead atoms. The summed E-state index contributed by atoms with van der Waals surface area (Å²) in [6.45, 7) is 0. The van der Waals surface area contributed by atoms with Gasteiger partial charge in [-0.15, -0.1) is 0 Å². The smallest absolute Gasteiger partial charge is 0.269 e. The number of carbonyl (C=O) groups is 1. The van der Waals surface area contributed by atoms with Gasteiger partial charge in [-0.3, -0.25) is 4.79 Å². The van der Waals surface area contributed by atoms with Gasteiger partial charge in [0.2, 0.25) is 0 Å². The Labute approximate surface area is 141 Å². The van der Waals surface area contributed by atoms with Crippen molar-refractivity contribution in [2.45, 2.75) is 37.3 Å². The SMILES string of the molecule is O=C(NC1(c2ccccc2)CCC1)C1=NO[C@H](c2ccccc2)C1. The summed E-state index contributed by atoms with van der Waals surface area (Å²) in [5, 5.41) is 7.24. The molecule has 1 fully saturated rings. The number of hydrogen-bond acceptors (Lipinski definition) is 3. The Hall–Kier alpha value is -2.62. The number of benzene rings is 2. The van der Waals surface area contributed by atoms with Crippen LogP contribution in [-0.4, -0.2) is 11.6 Å². The van der Waals surface area contributed by atoms with E-state index < -0.39 is 0 Å². The van der Waals surface area contributed by atoms with Crippen molar-refractivity contribution in [1.29, 1.82) is 0 Å². The highest BCUT2D eigenvalue weighted by Gasteiger charge is 2.41. The summed E-state index contributed by atoms with van der Waals surface area (Å²) in [7, 11) is 0. The van der Waals surface area contributed by atoms with Gasteiger partial charge in [-0.1, -0.05) is 65.8 Å². The third kappa shape index (κ3) is 2.68. The average molecular weight is 320 g/mol. The molecule has 24 heavy (non-hydrogen) atoms. The van der Waals surface area contributed by atoms with E-state index in [4.69, 9.17) is 4.84 Å². The fourth-order valence-electron chi connectivity index (χ4n) is 3.42. The maximum Gasteiger partial charge on any atom is 0.269 e. The number of oxime groups is 1. The van der Waals surface area contributed by atoms with Crippen molar-refractivity contribution < 1.29 is 9.63 Å². The number of hydrogen-bond donors (Lipinski definition) is 1. The van der Waals surface area contributed by atoms with E-state index in [0.717, 1.165) is 24.8 Å². The number of nitrogens with zero attached hydrogens (tertiary/aromatic N) is 1. The summed E-state index contributed by atoms with van der Waals surface area (Å²) in [5.74, 6) is -0.114. The Morgan fingerprint density at radius 3 is 2.33 bits per heavy atom. The molecule has 0 spiro atoms. The first kappa shape index (κ1) is 14.9. The van der Waals surface area contributed by atoms with E-state index in [-0.39, 0.29) is 17.6 Å². The van der Waals surface area contributed by atoms with Crippen molar-refractivity contribution in [3.8, 4) is 0 Å². The Kier molecular flexibility index (Phi) is 3.81. The predicted molar refractivity (Wildman–Crippen MR) is 92.4 cm³/mol. The van der Waals surface area contributed by atoms with Crippen molar-refractivity contribution in [3.05, 3.63) is 71.8 Å². The van der Waals surface area contributed by atoms with Gasteiger partial charge in [-0.25, -0.2) is 0 Å². The maximum absolute atomic E-state index is 12.7. The van der Waals surface area contributed by atoms with Crippen LogP contribution in [0.3, 0.4) is 0 Å². The molecule has 1 aliphatic carbocycles. The molecule has 1 N–H and O–H groups in total. The molecule has 4 rings (SSSR count). The summed E-state index contributed by atoms with van der Waals surface area (Å²) in [5.41, 5.74) is 2.45. The molecule has 4 nitrogen and oxygen atoms in total. The van der Waals surface area contributed by atoms with Gasteiger partial charge in [-0.2, -0.15) is 0 Å². The zero-order chi connectivity index (χ0) is 16.4. The van der Waals surface area contributed by atoms with Gasteiger partial charge in [0.25, 0.3) is 5.91 Å². The summed E-state index contributed by atoms with van der Waals surface area (Å²) in [6.07, 6.45) is 3.42. The van der Waals surface area contributed by atoms with E-state index in [1.54, 1.807) is 0 Å². The van der Waals surface area contributed by atoms with Crippen molar-refractivity contribution in [2.24, 2.45) is 5.16 Å². The Balaban J connectivity index is 1.45. The van der Waals surface area contributed by atoms with Crippen molar-refractivity contribution in [3.63, 3.8) is 0 Å². The fourth-order valence-corrected chi connectivity index (χ4v) is 3.42. The van der Waals surface area contributed by atoms with Gasteiger partial charge < -0.3 is 10.2 Å². The third-order valence-corrected chi connectivity index (χ3v) is 4.99. The minimum atomic E-state index is -0.244. The molecule has 0 unspecified atom stereocenters. The first-order valence-electron chi connectivity index (χ1n) is 8.42. The lowest BCUT2D eigenvalue weighted by molar-refractivity contribution is -0.118. The van der Waals surface area contributed by atoms with Gasteiger partial charge in [0, 0.05) is 6.42 Å².